The maximum absolute atomic E-state index is 11.7. The predicted octanol–water partition coefficient (Wildman–Crippen LogP) is 4.07. The molecule has 0 spiro atoms. The number of carbonyl (C=O) groups is 1. The molecule has 0 aliphatic heterocycles. The Kier molecular flexibility index (Phi) is 5.02. The molecule has 6 atom stereocenters. The first-order valence-corrected chi connectivity index (χ1v) is 10.5. The molecule has 3 fully saturated rings. The topological polar surface area (TPSA) is 66.8 Å². The van der Waals surface area contributed by atoms with Crippen molar-refractivity contribution in [3.63, 3.8) is 0 Å². The zero-order chi connectivity index (χ0) is 19.4. The van der Waals surface area contributed by atoms with E-state index in [1.807, 2.05) is 0 Å². The molecule has 150 valence electrons. The van der Waals surface area contributed by atoms with Crippen molar-refractivity contribution in [3.05, 3.63) is 0 Å². The van der Waals surface area contributed by atoms with Crippen LogP contribution in [0, 0.1) is 28.1 Å². The van der Waals surface area contributed by atoms with E-state index in [1.54, 1.807) is 0 Å². The van der Waals surface area contributed by atoms with Crippen LogP contribution in [-0.4, -0.2) is 34.5 Å². The molecule has 3 saturated carbocycles. The molecule has 4 heteroatoms. The second-order valence-corrected chi connectivity index (χ2v) is 10.8. The molecule has 0 amide bonds. The molecule has 0 saturated heterocycles. The van der Waals surface area contributed by atoms with E-state index in [4.69, 9.17) is 4.74 Å². The molecule has 26 heavy (non-hydrogen) atoms. The van der Waals surface area contributed by atoms with E-state index in [1.165, 1.54) is 26.2 Å². The van der Waals surface area contributed by atoms with Crippen molar-refractivity contribution in [3.8, 4) is 0 Å². The van der Waals surface area contributed by atoms with Crippen molar-refractivity contribution >= 4 is 5.97 Å². The van der Waals surface area contributed by atoms with E-state index in [-0.39, 0.29) is 18.0 Å². The van der Waals surface area contributed by atoms with Gasteiger partial charge in [0.15, 0.2) is 0 Å². The number of carbonyl (C=O) groups excluding carboxylic acids is 1. The van der Waals surface area contributed by atoms with Gasteiger partial charge in [-0.3, -0.25) is 4.79 Å². The van der Waals surface area contributed by atoms with Gasteiger partial charge >= 0.3 is 5.97 Å². The maximum atomic E-state index is 11.7. The van der Waals surface area contributed by atoms with Crippen molar-refractivity contribution in [1.82, 2.24) is 0 Å². The number of ether oxygens (including phenoxy) is 1. The third-order valence-electron chi connectivity index (χ3n) is 8.55. The highest BCUT2D eigenvalue weighted by Gasteiger charge is 2.62. The van der Waals surface area contributed by atoms with Crippen LogP contribution in [0.15, 0.2) is 0 Å². The summed E-state index contributed by atoms with van der Waals surface area (Å²) < 4.78 is 5.05. The number of hydrogen-bond acceptors (Lipinski definition) is 4. The molecule has 0 radical (unpaired) electrons. The van der Waals surface area contributed by atoms with Gasteiger partial charge in [0.1, 0.15) is 6.61 Å². The van der Waals surface area contributed by atoms with Gasteiger partial charge < -0.3 is 14.9 Å². The van der Waals surface area contributed by atoms with E-state index in [2.05, 4.69) is 27.7 Å². The lowest BCUT2D eigenvalue weighted by molar-refractivity contribution is -0.220. The third kappa shape index (κ3) is 3.22. The number of fused-ring (bicyclic) bond motifs is 3. The summed E-state index contributed by atoms with van der Waals surface area (Å²) in [6.07, 6.45) is 7.37. The summed E-state index contributed by atoms with van der Waals surface area (Å²) in [5, 5.41) is 22.4. The molecule has 2 N–H and O–H groups in total. The fourth-order valence-electron chi connectivity index (χ4n) is 7.24. The van der Waals surface area contributed by atoms with Gasteiger partial charge in [-0.15, -0.1) is 0 Å². The van der Waals surface area contributed by atoms with Gasteiger partial charge in [-0.1, -0.05) is 34.1 Å². The van der Waals surface area contributed by atoms with Gasteiger partial charge in [0.2, 0.25) is 0 Å². The van der Waals surface area contributed by atoms with Crippen molar-refractivity contribution in [2.75, 3.05) is 6.61 Å². The number of hydrogen-bond donors (Lipinski definition) is 2. The second kappa shape index (κ2) is 6.48. The van der Waals surface area contributed by atoms with Gasteiger partial charge in [-0.2, -0.15) is 0 Å². The van der Waals surface area contributed by atoms with Gasteiger partial charge in [0.05, 0.1) is 11.7 Å². The number of esters is 1. The van der Waals surface area contributed by atoms with Gasteiger partial charge in [0.25, 0.3) is 0 Å². The first kappa shape index (κ1) is 20.1. The molecule has 0 aromatic heterocycles. The van der Waals surface area contributed by atoms with Crippen molar-refractivity contribution in [1.29, 1.82) is 0 Å². The van der Waals surface area contributed by atoms with Crippen LogP contribution in [0.5, 0.6) is 0 Å². The lowest BCUT2D eigenvalue weighted by Gasteiger charge is -2.65. The largest absolute Gasteiger partial charge is 0.463 e. The summed E-state index contributed by atoms with van der Waals surface area (Å²) in [5.74, 6) is 0.615. The highest BCUT2D eigenvalue weighted by Crippen LogP contribution is 2.66. The Bertz CT molecular complexity index is 558. The van der Waals surface area contributed by atoms with E-state index < -0.39 is 17.1 Å². The predicted molar refractivity (Wildman–Crippen MR) is 102 cm³/mol. The molecule has 3 aliphatic rings. The summed E-state index contributed by atoms with van der Waals surface area (Å²) in [4.78, 5) is 11.1. The normalized spacial score (nSPS) is 46.0. The van der Waals surface area contributed by atoms with Crippen molar-refractivity contribution in [2.45, 2.75) is 97.7 Å². The molecule has 0 aromatic rings. The molecule has 0 heterocycles. The molecular formula is C22H38O4. The van der Waals surface area contributed by atoms with Gasteiger partial charge in [-0.05, 0) is 73.0 Å². The second-order valence-electron chi connectivity index (χ2n) is 10.8. The molecule has 6 unspecified atom stereocenters. The van der Waals surface area contributed by atoms with E-state index in [0.717, 1.165) is 25.7 Å². The molecule has 0 bridgehead atoms. The summed E-state index contributed by atoms with van der Waals surface area (Å²) in [6, 6.07) is 0. The van der Waals surface area contributed by atoms with Crippen LogP contribution in [0.1, 0.15) is 86.0 Å². The van der Waals surface area contributed by atoms with Crippen LogP contribution in [0.3, 0.4) is 0 Å². The minimum atomic E-state index is -0.718. The smallest absolute Gasteiger partial charge is 0.302 e. The highest BCUT2D eigenvalue weighted by molar-refractivity contribution is 5.65. The van der Waals surface area contributed by atoms with Crippen LogP contribution >= 0.6 is 0 Å². The molecule has 3 rings (SSSR count). The van der Waals surface area contributed by atoms with Crippen molar-refractivity contribution < 1.29 is 19.7 Å². The fraction of sp³-hybridized carbons (Fsp3) is 0.955. The summed E-state index contributed by atoms with van der Waals surface area (Å²) in [6.45, 7) is 10.7. The molecule has 0 aromatic carbocycles. The Morgan fingerprint density at radius 1 is 1.08 bits per heavy atom. The van der Waals surface area contributed by atoms with E-state index in [9.17, 15) is 15.0 Å². The minimum Gasteiger partial charge on any atom is -0.463 e. The molecular weight excluding hydrogens is 328 g/mol. The summed E-state index contributed by atoms with van der Waals surface area (Å²) >= 11 is 0. The Labute approximate surface area is 158 Å². The average molecular weight is 367 g/mol. The lowest BCUT2D eigenvalue weighted by atomic mass is 9.42. The van der Waals surface area contributed by atoms with Crippen LogP contribution in [0.25, 0.3) is 0 Å². The zero-order valence-corrected chi connectivity index (χ0v) is 17.3. The Balaban J connectivity index is 1.81. The Hall–Kier alpha value is -0.610. The van der Waals surface area contributed by atoms with E-state index >= 15 is 0 Å². The summed E-state index contributed by atoms with van der Waals surface area (Å²) in [7, 11) is 0. The quantitative estimate of drug-likeness (QED) is 0.739. The van der Waals surface area contributed by atoms with E-state index in [0.29, 0.717) is 23.7 Å². The minimum absolute atomic E-state index is 0.0273. The zero-order valence-electron chi connectivity index (χ0n) is 17.3. The van der Waals surface area contributed by atoms with Crippen LogP contribution in [0.4, 0.5) is 0 Å². The number of rotatable bonds is 3. The molecule has 4 nitrogen and oxygen atoms in total. The Morgan fingerprint density at radius 3 is 2.38 bits per heavy atom. The maximum Gasteiger partial charge on any atom is 0.302 e. The van der Waals surface area contributed by atoms with Crippen molar-refractivity contribution in [2.24, 2.45) is 28.1 Å². The van der Waals surface area contributed by atoms with Crippen LogP contribution in [-0.2, 0) is 9.53 Å². The lowest BCUT2D eigenvalue weighted by Crippen LogP contribution is -2.62. The van der Waals surface area contributed by atoms with Gasteiger partial charge in [-0.25, -0.2) is 0 Å². The molecule has 3 aliphatic carbocycles. The first-order valence-electron chi connectivity index (χ1n) is 10.5. The standard InChI is InChI=1S/C22H38O4/c1-15(23)26-13-18(24)20(4)11-7-17-21(5)10-6-9-19(2,3)16(21)8-12-22(17,25)14-20/h16-18,24-25H,6-14H2,1-5H3. The van der Waals surface area contributed by atoms with Crippen LogP contribution < -0.4 is 0 Å². The monoisotopic (exact) mass is 366 g/mol. The number of aliphatic hydroxyl groups is 2. The average Bonchev–Trinajstić information content (AvgIpc) is 2.50. The first-order chi connectivity index (χ1) is 11.9. The SMILES string of the molecule is CC(=O)OCC(O)C1(C)CCC2C(O)(CCC3C(C)(C)CCCC32C)C1. The third-order valence-corrected chi connectivity index (χ3v) is 8.55. The highest BCUT2D eigenvalue weighted by atomic mass is 16.5. The van der Waals surface area contributed by atoms with Gasteiger partial charge in [0, 0.05) is 6.92 Å². The summed E-state index contributed by atoms with van der Waals surface area (Å²) in [5.41, 5.74) is -0.558. The Morgan fingerprint density at radius 2 is 1.73 bits per heavy atom. The number of aliphatic hydroxyl groups excluding tert-OH is 1. The fourth-order valence-corrected chi connectivity index (χ4v) is 7.24. The van der Waals surface area contributed by atoms with Crippen LogP contribution in [0.2, 0.25) is 0 Å².